The Balaban J connectivity index is 1.98. The van der Waals surface area contributed by atoms with Gasteiger partial charge in [0, 0.05) is 28.4 Å². The molecule has 0 spiro atoms. The maximum absolute atomic E-state index is 6.03. The third-order valence-corrected chi connectivity index (χ3v) is 5.92. The van der Waals surface area contributed by atoms with Gasteiger partial charge in [0.1, 0.15) is 0 Å². The lowest BCUT2D eigenvalue weighted by atomic mass is 9.90. The Morgan fingerprint density at radius 3 is 2.35 bits per heavy atom. The molecule has 0 aromatic carbocycles. The summed E-state index contributed by atoms with van der Waals surface area (Å²) in [6, 6.07) is 5.81. The number of thiophene rings is 1. The van der Waals surface area contributed by atoms with Crippen LogP contribution in [0.2, 0.25) is 0 Å². The van der Waals surface area contributed by atoms with Gasteiger partial charge in [0.15, 0.2) is 0 Å². The van der Waals surface area contributed by atoms with E-state index in [2.05, 4.69) is 44.7 Å². The van der Waals surface area contributed by atoms with Crippen molar-refractivity contribution in [2.24, 2.45) is 5.73 Å². The molecule has 1 saturated carbocycles. The van der Waals surface area contributed by atoms with Crippen molar-refractivity contribution in [3.8, 4) is 0 Å². The minimum absolute atomic E-state index is 0.275. The van der Waals surface area contributed by atoms with Gasteiger partial charge in [-0.1, -0.05) is 27.7 Å². The fourth-order valence-electron chi connectivity index (χ4n) is 3.03. The van der Waals surface area contributed by atoms with Gasteiger partial charge in [-0.25, -0.2) is 0 Å². The van der Waals surface area contributed by atoms with Crippen LogP contribution in [0.3, 0.4) is 0 Å². The number of hydrogen-bond acceptors (Lipinski definition) is 3. The number of nitrogens with zero attached hydrogens (tertiary/aromatic N) is 1. The van der Waals surface area contributed by atoms with Gasteiger partial charge in [0.2, 0.25) is 0 Å². The van der Waals surface area contributed by atoms with Gasteiger partial charge in [-0.3, -0.25) is 4.90 Å². The molecule has 3 heteroatoms. The monoisotopic (exact) mass is 294 g/mol. The first-order valence-corrected chi connectivity index (χ1v) is 8.80. The van der Waals surface area contributed by atoms with Crippen molar-refractivity contribution in [1.82, 2.24) is 4.90 Å². The molecular formula is C17H30N2S. The molecule has 0 amide bonds. The fraction of sp³-hybridized carbons (Fsp3) is 0.765. The molecule has 0 unspecified atom stereocenters. The number of rotatable bonds is 4. The Kier molecular flexibility index (Phi) is 5.27. The smallest absolute Gasteiger partial charge is 0.0330 e. The minimum Gasteiger partial charge on any atom is -0.328 e. The van der Waals surface area contributed by atoms with Crippen LogP contribution >= 0.6 is 11.3 Å². The molecule has 20 heavy (non-hydrogen) atoms. The molecule has 0 aliphatic heterocycles. The van der Waals surface area contributed by atoms with E-state index in [9.17, 15) is 0 Å². The summed E-state index contributed by atoms with van der Waals surface area (Å²) in [5, 5.41) is 0. The largest absolute Gasteiger partial charge is 0.328 e. The Morgan fingerprint density at radius 1 is 1.20 bits per heavy atom. The van der Waals surface area contributed by atoms with Crippen molar-refractivity contribution in [3.63, 3.8) is 0 Å². The molecule has 0 atom stereocenters. The average Bonchev–Trinajstić information content (AvgIpc) is 2.85. The summed E-state index contributed by atoms with van der Waals surface area (Å²) in [7, 11) is 0. The zero-order chi connectivity index (χ0) is 14.8. The summed E-state index contributed by atoms with van der Waals surface area (Å²) >= 11 is 1.98. The van der Waals surface area contributed by atoms with Crippen LogP contribution in [-0.4, -0.2) is 23.5 Å². The maximum Gasteiger partial charge on any atom is 0.0330 e. The molecule has 2 nitrogen and oxygen atoms in total. The molecule has 1 aliphatic rings. The third-order valence-electron chi connectivity index (χ3n) is 4.42. The topological polar surface area (TPSA) is 29.3 Å². The van der Waals surface area contributed by atoms with E-state index >= 15 is 0 Å². The molecule has 1 aliphatic carbocycles. The summed E-state index contributed by atoms with van der Waals surface area (Å²) in [6.07, 6.45) is 4.93. The van der Waals surface area contributed by atoms with Gasteiger partial charge in [-0.2, -0.15) is 0 Å². The van der Waals surface area contributed by atoms with Crippen molar-refractivity contribution < 1.29 is 0 Å². The Labute approximate surface area is 128 Å². The molecule has 1 fully saturated rings. The van der Waals surface area contributed by atoms with Gasteiger partial charge in [0.25, 0.3) is 0 Å². The van der Waals surface area contributed by atoms with E-state index in [1.165, 1.54) is 35.4 Å². The predicted octanol–water partition coefficient (Wildman–Crippen LogP) is 4.14. The lowest BCUT2D eigenvalue weighted by molar-refractivity contribution is 0.150. The van der Waals surface area contributed by atoms with Gasteiger partial charge < -0.3 is 5.73 Å². The summed E-state index contributed by atoms with van der Waals surface area (Å²) in [5.74, 6) is 0. The zero-order valence-corrected chi connectivity index (χ0v) is 14.3. The van der Waals surface area contributed by atoms with Gasteiger partial charge in [-0.05, 0) is 49.8 Å². The first-order chi connectivity index (χ1) is 9.40. The lowest BCUT2D eigenvalue weighted by Gasteiger charge is -2.35. The SMILES string of the molecule is CCN(Cc1ccc(C(C)(C)C)s1)C1CCC(N)CC1. The Morgan fingerprint density at radius 2 is 1.85 bits per heavy atom. The highest BCUT2D eigenvalue weighted by Gasteiger charge is 2.24. The summed E-state index contributed by atoms with van der Waals surface area (Å²) in [6.45, 7) is 11.4. The van der Waals surface area contributed by atoms with Gasteiger partial charge in [-0.15, -0.1) is 11.3 Å². The Bertz CT molecular complexity index is 411. The molecule has 1 aromatic rings. The van der Waals surface area contributed by atoms with Crippen molar-refractivity contribution in [2.75, 3.05) is 6.54 Å². The molecule has 1 aromatic heterocycles. The molecule has 2 N–H and O–H groups in total. The van der Waals surface area contributed by atoms with Crippen LogP contribution in [0.15, 0.2) is 12.1 Å². The van der Waals surface area contributed by atoms with E-state index in [1.807, 2.05) is 11.3 Å². The van der Waals surface area contributed by atoms with Crippen molar-refractivity contribution >= 4 is 11.3 Å². The second kappa shape index (κ2) is 6.59. The van der Waals surface area contributed by atoms with Crippen LogP contribution in [0.5, 0.6) is 0 Å². The quantitative estimate of drug-likeness (QED) is 0.904. The van der Waals surface area contributed by atoms with Crippen molar-refractivity contribution in [1.29, 1.82) is 0 Å². The maximum atomic E-state index is 6.03. The first kappa shape index (κ1) is 16.0. The number of nitrogens with two attached hydrogens (primary N) is 1. The van der Waals surface area contributed by atoms with Crippen LogP contribution in [0, 0.1) is 0 Å². The average molecular weight is 295 g/mol. The molecule has 0 saturated heterocycles. The highest BCUT2D eigenvalue weighted by molar-refractivity contribution is 7.12. The molecule has 0 radical (unpaired) electrons. The molecule has 0 bridgehead atoms. The summed E-state index contributed by atoms with van der Waals surface area (Å²) < 4.78 is 0. The van der Waals surface area contributed by atoms with Crippen molar-refractivity contribution in [2.45, 2.75) is 77.4 Å². The molecule has 1 heterocycles. The van der Waals surface area contributed by atoms with Crippen LogP contribution in [0.25, 0.3) is 0 Å². The van der Waals surface area contributed by atoms with Crippen LogP contribution in [0.1, 0.15) is 63.1 Å². The highest BCUT2D eigenvalue weighted by Crippen LogP contribution is 2.31. The van der Waals surface area contributed by atoms with Crippen LogP contribution < -0.4 is 5.73 Å². The zero-order valence-electron chi connectivity index (χ0n) is 13.5. The number of hydrogen-bond donors (Lipinski definition) is 1. The molecular weight excluding hydrogens is 264 g/mol. The normalized spacial score (nSPS) is 24.3. The van der Waals surface area contributed by atoms with E-state index in [0.29, 0.717) is 6.04 Å². The van der Waals surface area contributed by atoms with Crippen molar-refractivity contribution in [3.05, 3.63) is 21.9 Å². The van der Waals surface area contributed by atoms with Gasteiger partial charge >= 0.3 is 0 Å². The minimum atomic E-state index is 0.275. The van der Waals surface area contributed by atoms with E-state index in [0.717, 1.165) is 19.1 Å². The second-order valence-corrected chi connectivity index (χ2v) is 8.32. The van der Waals surface area contributed by atoms with E-state index in [-0.39, 0.29) is 5.41 Å². The summed E-state index contributed by atoms with van der Waals surface area (Å²) in [5.41, 5.74) is 6.30. The van der Waals surface area contributed by atoms with Gasteiger partial charge in [0.05, 0.1) is 0 Å². The third kappa shape index (κ3) is 4.06. The molecule has 2 rings (SSSR count). The second-order valence-electron chi connectivity index (χ2n) is 7.15. The standard InChI is InChI=1S/C17H30N2S/c1-5-19(14-8-6-13(18)7-9-14)12-15-10-11-16(20-15)17(2,3)4/h10-11,13-14H,5-9,12,18H2,1-4H3. The first-order valence-electron chi connectivity index (χ1n) is 7.99. The molecule has 114 valence electrons. The fourth-order valence-corrected chi connectivity index (χ4v) is 4.12. The highest BCUT2D eigenvalue weighted by atomic mass is 32.1. The van der Waals surface area contributed by atoms with E-state index < -0.39 is 0 Å². The predicted molar refractivity (Wildman–Crippen MR) is 89.3 cm³/mol. The lowest BCUT2D eigenvalue weighted by Crippen LogP contribution is -2.40. The van der Waals surface area contributed by atoms with E-state index in [4.69, 9.17) is 5.73 Å². The van der Waals surface area contributed by atoms with Crippen LogP contribution in [-0.2, 0) is 12.0 Å². The van der Waals surface area contributed by atoms with E-state index in [1.54, 1.807) is 0 Å². The Hall–Kier alpha value is -0.380. The van der Waals surface area contributed by atoms with Crippen LogP contribution in [0.4, 0.5) is 0 Å². The summed E-state index contributed by atoms with van der Waals surface area (Å²) in [4.78, 5) is 5.64.